The van der Waals surface area contributed by atoms with Gasteiger partial charge in [-0.1, -0.05) is 49.0 Å². The first-order chi connectivity index (χ1) is 14.6. The Kier molecular flexibility index (Phi) is 6.58. The number of aromatic nitrogens is 2. The normalized spacial score (nSPS) is 14.5. The number of hydrogen-bond donors (Lipinski definition) is 1. The third kappa shape index (κ3) is 4.47. The van der Waals surface area contributed by atoms with Gasteiger partial charge in [0.25, 0.3) is 5.56 Å². The molecule has 0 bridgehead atoms. The van der Waals surface area contributed by atoms with Crippen LogP contribution in [-0.2, 0) is 24.2 Å². The lowest BCUT2D eigenvalue weighted by atomic mass is 9.97. The summed E-state index contributed by atoms with van der Waals surface area (Å²) >= 11 is 3.00. The molecule has 0 saturated heterocycles. The third-order valence-corrected chi connectivity index (χ3v) is 7.74. The smallest absolute Gasteiger partial charge is 0.263 e. The van der Waals surface area contributed by atoms with Crippen LogP contribution in [0.15, 0.2) is 40.3 Å². The Morgan fingerprint density at radius 1 is 1.27 bits per heavy atom. The van der Waals surface area contributed by atoms with E-state index in [9.17, 15) is 9.59 Å². The van der Waals surface area contributed by atoms with E-state index in [4.69, 9.17) is 4.98 Å². The van der Waals surface area contributed by atoms with Crippen LogP contribution in [0.1, 0.15) is 49.1 Å². The maximum absolute atomic E-state index is 13.6. The van der Waals surface area contributed by atoms with E-state index in [0.29, 0.717) is 11.7 Å². The largest absolute Gasteiger partial charge is 0.353 e. The minimum Gasteiger partial charge on any atom is -0.353 e. The molecule has 0 saturated carbocycles. The molecule has 1 aliphatic carbocycles. The van der Waals surface area contributed by atoms with Gasteiger partial charge in [0.05, 0.1) is 17.7 Å². The predicted molar refractivity (Wildman–Crippen MR) is 125 cm³/mol. The number of nitrogens with one attached hydrogen (secondary N) is 1. The molecule has 1 aromatic carbocycles. The van der Waals surface area contributed by atoms with Crippen LogP contribution in [0.2, 0.25) is 0 Å². The summed E-state index contributed by atoms with van der Waals surface area (Å²) in [5.74, 6) is 0.225. The first-order valence-electron chi connectivity index (χ1n) is 10.6. The van der Waals surface area contributed by atoms with Crippen LogP contribution < -0.4 is 10.9 Å². The highest BCUT2D eigenvalue weighted by molar-refractivity contribution is 7.99. The lowest BCUT2D eigenvalue weighted by Crippen LogP contribution is -2.33. The van der Waals surface area contributed by atoms with Gasteiger partial charge < -0.3 is 5.32 Å². The van der Waals surface area contributed by atoms with Crippen LogP contribution in [0, 0.1) is 0 Å². The van der Waals surface area contributed by atoms with Gasteiger partial charge >= 0.3 is 0 Å². The van der Waals surface area contributed by atoms with Gasteiger partial charge in [-0.3, -0.25) is 14.2 Å². The van der Waals surface area contributed by atoms with Crippen molar-refractivity contribution < 1.29 is 4.79 Å². The fourth-order valence-corrected chi connectivity index (χ4v) is 5.90. The van der Waals surface area contributed by atoms with Gasteiger partial charge in [-0.2, -0.15) is 0 Å². The summed E-state index contributed by atoms with van der Waals surface area (Å²) in [4.78, 5) is 32.9. The van der Waals surface area contributed by atoms with Crippen LogP contribution >= 0.6 is 23.1 Å². The molecule has 2 heterocycles. The van der Waals surface area contributed by atoms with Crippen molar-refractivity contribution in [3.63, 3.8) is 0 Å². The zero-order chi connectivity index (χ0) is 21.1. The lowest BCUT2D eigenvalue weighted by Gasteiger charge is -2.14. The predicted octanol–water partition coefficient (Wildman–Crippen LogP) is 4.39. The van der Waals surface area contributed by atoms with Crippen molar-refractivity contribution in [3.05, 3.63) is 56.7 Å². The topological polar surface area (TPSA) is 64.0 Å². The number of thioether (sulfide) groups is 1. The molecule has 1 amide bonds. The van der Waals surface area contributed by atoms with E-state index in [0.717, 1.165) is 41.5 Å². The van der Waals surface area contributed by atoms with Crippen LogP contribution in [0.25, 0.3) is 10.2 Å². The number of benzene rings is 1. The average Bonchev–Trinajstić information content (AvgIpc) is 3.13. The molecule has 0 spiro atoms. The maximum Gasteiger partial charge on any atom is 0.263 e. The molecule has 1 atom stereocenters. The standard InChI is InChI=1S/C23H27N3O2S2/c1-3-15(2)24-19(27)14-29-23-25-21-20(17-11-7-8-12-18(17)30-21)22(28)26(23)13-16-9-5-4-6-10-16/h4-6,9-10,15H,3,7-8,11-14H2,1-2H3,(H,24,27). The molecular formula is C23H27N3O2S2. The number of thiophene rings is 1. The molecule has 3 aromatic rings. The second-order valence-corrected chi connectivity index (χ2v) is 9.85. The Morgan fingerprint density at radius 2 is 2.03 bits per heavy atom. The molecule has 0 aliphatic heterocycles. The highest BCUT2D eigenvalue weighted by atomic mass is 32.2. The van der Waals surface area contributed by atoms with E-state index in [1.807, 2.05) is 44.2 Å². The fraction of sp³-hybridized carbons (Fsp3) is 0.435. The summed E-state index contributed by atoms with van der Waals surface area (Å²) in [6.45, 7) is 4.50. The third-order valence-electron chi connectivity index (χ3n) is 5.58. The molecule has 1 unspecified atom stereocenters. The number of nitrogens with zero attached hydrogens (tertiary/aromatic N) is 2. The Morgan fingerprint density at radius 3 is 2.80 bits per heavy atom. The second-order valence-electron chi connectivity index (χ2n) is 7.83. The number of amides is 1. The molecule has 4 rings (SSSR count). The van der Waals surface area contributed by atoms with Crippen molar-refractivity contribution in [1.29, 1.82) is 0 Å². The lowest BCUT2D eigenvalue weighted by molar-refractivity contribution is -0.119. The number of aryl methyl sites for hydroxylation is 2. The molecule has 2 aromatic heterocycles. The Labute approximate surface area is 184 Å². The summed E-state index contributed by atoms with van der Waals surface area (Å²) < 4.78 is 1.75. The number of hydrogen-bond acceptors (Lipinski definition) is 5. The van der Waals surface area contributed by atoms with Gasteiger partial charge in [0.1, 0.15) is 4.83 Å². The molecule has 1 N–H and O–H groups in total. The molecule has 1 aliphatic rings. The monoisotopic (exact) mass is 441 g/mol. The summed E-state index contributed by atoms with van der Waals surface area (Å²) in [6.07, 6.45) is 5.19. The zero-order valence-electron chi connectivity index (χ0n) is 17.4. The Balaban J connectivity index is 1.72. The van der Waals surface area contributed by atoms with Gasteiger partial charge in [-0.05, 0) is 50.2 Å². The van der Waals surface area contributed by atoms with E-state index < -0.39 is 0 Å². The van der Waals surface area contributed by atoms with Crippen LogP contribution in [0.3, 0.4) is 0 Å². The Hall–Kier alpha value is -2.12. The van der Waals surface area contributed by atoms with Gasteiger partial charge in [0.15, 0.2) is 5.16 Å². The highest BCUT2D eigenvalue weighted by Crippen LogP contribution is 2.34. The van der Waals surface area contributed by atoms with E-state index in [2.05, 4.69) is 5.32 Å². The first kappa shape index (κ1) is 21.1. The molecule has 30 heavy (non-hydrogen) atoms. The number of rotatable bonds is 7. The number of carbonyl (C=O) groups excluding carboxylic acids is 1. The van der Waals surface area contributed by atoms with Crippen molar-refractivity contribution >= 4 is 39.2 Å². The number of fused-ring (bicyclic) bond motifs is 3. The minimum absolute atomic E-state index is 0.0214. The summed E-state index contributed by atoms with van der Waals surface area (Å²) in [5, 5.41) is 4.40. The Bertz CT molecular complexity index is 1110. The van der Waals surface area contributed by atoms with Gasteiger partial charge in [-0.25, -0.2) is 4.98 Å². The van der Waals surface area contributed by atoms with Crippen molar-refractivity contribution in [1.82, 2.24) is 14.9 Å². The van der Waals surface area contributed by atoms with E-state index in [-0.39, 0.29) is 23.3 Å². The highest BCUT2D eigenvalue weighted by Gasteiger charge is 2.22. The van der Waals surface area contributed by atoms with Crippen LogP contribution in [0.5, 0.6) is 0 Å². The van der Waals surface area contributed by atoms with Gasteiger partial charge in [0.2, 0.25) is 5.91 Å². The quantitative estimate of drug-likeness (QED) is 0.436. The molecule has 7 heteroatoms. The zero-order valence-corrected chi connectivity index (χ0v) is 19.1. The molecule has 5 nitrogen and oxygen atoms in total. The van der Waals surface area contributed by atoms with Crippen molar-refractivity contribution in [2.24, 2.45) is 0 Å². The molecule has 0 radical (unpaired) electrons. The van der Waals surface area contributed by atoms with Crippen molar-refractivity contribution in [3.8, 4) is 0 Å². The molecule has 158 valence electrons. The minimum atomic E-state index is -0.0274. The average molecular weight is 442 g/mol. The van der Waals surface area contributed by atoms with E-state index in [1.54, 1.807) is 15.9 Å². The van der Waals surface area contributed by atoms with E-state index in [1.165, 1.54) is 28.6 Å². The molecule has 0 fully saturated rings. The summed E-state index contributed by atoms with van der Waals surface area (Å²) in [6, 6.07) is 10.1. The first-order valence-corrected chi connectivity index (χ1v) is 12.4. The maximum atomic E-state index is 13.6. The van der Waals surface area contributed by atoms with Crippen LogP contribution in [-0.4, -0.2) is 27.3 Å². The van der Waals surface area contributed by atoms with Gasteiger partial charge in [0, 0.05) is 10.9 Å². The summed E-state index contributed by atoms with van der Waals surface area (Å²) in [5.41, 5.74) is 2.27. The summed E-state index contributed by atoms with van der Waals surface area (Å²) in [7, 11) is 0. The second kappa shape index (κ2) is 9.35. The van der Waals surface area contributed by atoms with Crippen molar-refractivity contribution in [2.75, 3.05) is 5.75 Å². The van der Waals surface area contributed by atoms with Gasteiger partial charge in [-0.15, -0.1) is 11.3 Å². The van der Waals surface area contributed by atoms with E-state index >= 15 is 0 Å². The van der Waals surface area contributed by atoms with Crippen LogP contribution in [0.4, 0.5) is 0 Å². The number of carbonyl (C=O) groups is 1. The SMILES string of the molecule is CCC(C)NC(=O)CSc1nc2sc3c(c2c(=O)n1Cc1ccccc1)CCCC3. The molecular weight excluding hydrogens is 414 g/mol. The van der Waals surface area contributed by atoms with Crippen molar-refractivity contribution in [2.45, 2.75) is 63.7 Å². The fourth-order valence-electron chi connectivity index (χ4n) is 3.78.